The van der Waals surface area contributed by atoms with E-state index in [9.17, 15) is 4.79 Å². The molecule has 1 aliphatic heterocycles. The molecule has 0 unspecified atom stereocenters. The Kier molecular flexibility index (Phi) is 3.36. The number of carbonyl (C=O) groups is 1. The van der Waals surface area contributed by atoms with Gasteiger partial charge in [0.05, 0.1) is 19.9 Å². The minimum atomic E-state index is -0.687. The molecule has 96 valence electrons. The highest BCUT2D eigenvalue weighted by Gasteiger charge is 2.27. The Balaban J connectivity index is 2.23. The van der Waals surface area contributed by atoms with Crippen molar-refractivity contribution in [3.05, 3.63) is 23.8 Å². The van der Waals surface area contributed by atoms with E-state index in [1.165, 1.54) is 0 Å². The lowest BCUT2D eigenvalue weighted by Gasteiger charge is -2.08. The van der Waals surface area contributed by atoms with Gasteiger partial charge in [-0.1, -0.05) is 5.16 Å². The van der Waals surface area contributed by atoms with Crippen LogP contribution in [0.3, 0.4) is 0 Å². The van der Waals surface area contributed by atoms with Crippen molar-refractivity contribution >= 4 is 11.6 Å². The zero-order chi connectivity index (χ0) is 13.1. The molecule has 0 spiro atoms. The maximum absolute atomic E-state index is 11.0. The normalized spacial score (nSPS) is 17.9. The van der Waals surface area contributed by atoms with Crippen LogP contribution in [-0.2, 0) is 9.63 Å². The number of ether oxygens (including phenoxy) is 2. The molecular formula is C12H14N2O4. The molecule has 1 amide bonds. The van der Waals surface area contributed by atoms with Gasteiger partial charge in [0.15, 0.2) is 11.5 Å². The molecule has 0 saturated carbocycles. The van der Waals surface area contributed by atoms with Crippen LogP contribution in [0.2, 0.25) is 0 Å². The van der Waals surface area contributed by atoms with Gasteiger partial charge in [-0.05, 0) is 18.2 Å². The lowest BCUT2D eigenvalue weighted by molar-refractivity contribution is -0.127. The van der Waals surface area contributed by atoms with E-state index >= 15 is 0 Å². The van der Waals surface area contributed by atoms with Gasteiger partial charge in [0.25, 0.3) is 5.91 Å². The minimum Gasteiger partial charge on any atom is -0.493 e. The van der Waals surface area contributed by atoms with Crippen LogP contribution in [-0.4, -0.2) is 31.9 Å². The lowest BCUT2D eigenvalue weighted by Crippen LogP contribution is -2.28. The van der Waals surface area contributed by atoms with Gasteiger partial charge in [0.1, 0.15) is 0 Å². The van der Waals surface area contributed by atoms with Gasteiger partial charge in [-0.3, -0.25) is 4.79 Å². The first kappa shape index (κ1) is 12.2. The van der Waals surface area contributed by atoms with Gasteiger partial charge in [0.2, 0.25) is 6.10 Å². The highest BCUT2D eigenvalue weighted by molar-refractivity contribution is 6.04. The number of nitrogens with two attached hydrogens (primary N) is 1. The topological polar surface area (TPSA) is 83.1 Å². The quantitative estimate of drug-likeness (QED) is 0.851. The summed E-state index contributed by atoms with van der Waals surface area (Å²) in [5, 5.41) is 3.86. The number of rotatable bonds is 4. The third-order valence-corrected chi connectivity index (χ3v) is 2.70. The summed E-state index contributed by atoms with van der Waals surface area (Å²) in [6.07, 6.45) is -0.321. The third kappa shape index (κ3) is 2.22. The van der Waals surface area contributed by atoms with Gasteiger partial charge in [-0.15, -0.1) is 0 Å². The van der Waals surface area contributed by atoms with E-state index in [2.05, 4.69) is 5.16 Å². The molecule has 1 aromatic rings. The maximum Gasteiger partial charge on any atom is 0.261 e. The first-order valence-electron chi connectivity index (χ1n) is 5.40. The van der Waals surface area contributed by atoms with Crippen LogP contribution < -0.4 is 15.2 Å². The van der Waals surface area contributed by atoms with Crippen molar-refractivity contribution in [2.24, 2.45) is 10.9 Å². The van der Waals surface area contributed by atoms with E-state index in [0.29, 0.717) is 23.6 Å². The maximum atomic E-state index is 11.0. The van der Waals surface area contributed by atoms with Crippen molar-refractivity contribution in [3.63, 3.8) is 0 Å². The number of hydrogen-bond acceptors (Lipinski definition) is 5. The zero-order valence-electron chi connectivity index (χ0n) is 10.2. The average Bonchev–Trinajstić information content (AvgIpc) is 2.87. The number of hydrogen-bond donors (Lipinski definition) is 1. The number of amides is 1. The molecule has 18 heavy (non-hydrogen) atoms. The number of methoxy groups -OCH3 is 2. The van der Waals surface area contributed by atoms with Crippen molar-refractivity contribution in [2.75, 3.05) is 14.2 Å². The summed E-state index contributed by atoms with van der Waals surface area (Å²) in [7, 11) is 3.12. The molecule has 6 heteroatoms. The molecule has 6 nitrogen and oxygen atoms in total. The predicted molar refractivity (Wildman–Crippen MR) is 64.8 cm³/mol. The average molecular weight is 250 g/mol. The second-order valence-corrected chi connectivity index (χ2v) is 3.81. The summed E-state index contributed by atoms with van der Waals surface area (Å²) in [6, 6.07) is 5.38. The molecule has 2 N–H and O–H groups in total. The molecule has 1 aliphatic rings. The highest BCUT2D eigenvalue weighted by Crippen LogP contribution is 2.29. The van der Waals surface area contributed by atoms with E-state index in [-0.39, 0.29) is 0 Å². The molecule has 1 atom stereocenters. The summed E-state index contributed by atoms with van der Waals surface area (Å²) in [4.78, 5) is 15.9. The molecule has 2 rings (SSSR count). The minimum absolute atomic E-state index is 0.366. The molecule has 0 aliphatic carbocycles. The Hall–Kier alpha value is -2.24. The van der Waals surface area contributed by atoms with Gasteiger partial charge in [0, 0.05) is 12.0 Å². The van der Waals surface area contributed by atoms with Gasteiger partial charge in [-0.2, -0.15) is 0 Å². The standard InChI is InChI=1S/C12H14N2O4/c1-16-9-4-3-7(5-10(9)17-2)8-6-11(12(13)15)18-14-8/h3-5,11H,6H2,1-2H3,(H2,13,15)/t11-/m0/s1. The molecule has 0 saturated heterocycles. The summed E-state index contributed by atoms with van der Waals surface area (Å²) in [5.41, 5.74) is 6.64. The first-order chi connectivity index (χ1) is 8.65. The van der Waals surface area contributed by atoms with Gasteiger partial charge >= 0.3 is 0 Å². The van der Waals surface area contributed by atoms with E-state index in [4.69, 9.17) is 20.0 Å². The number of oxime groups is 1. The molecule has 0 aromatic heterocycles. The Morgan fingerprint density at radius 1 is 1.39 bits per heavy atom. The van der Waals surface area contributed by atoms with E-state index in [1.807, 2.05) is 6.07 Å². The van der Waals surface area contributed by atoms with Crippen LogP contribution in [0, 0.1) is 0 Å². The van der Waals surface area contributed by atoms with E-state index < -0.39 is 12.0 Å². The van der Waals surface area contributed by atoms with Crippen molar-refractivity contribution < 1.29 is 19.1 Å². The fourth-order valence-electron chi connectivity index (χ4n) is 1.72. The summed E-state index contributed by atoms with van der Waals surface area (Å²) in [5.74, 6) is 0.710. The second kappa shape index (κ2) is 4.95. The van der Waals surface area contributed by atoms with Crippen molar-refractivity contribution in [3.8, 4) is 11.5 Å². The van der Waals surface area contributed by atoms with Crippen LogP contribution >= 0.6 is 0 Å². The summed E-state index contributed by atoms with van der Waals surface area (Å²) >= 11 is 0. The monoisotopic (exact) mass is 250 g/mol. The smallest absolute Gasteiger partial charge is 0.261 e. The third-order valence-electron chi connectivity index (χ3n) is 2.70. The lowest BCUT2D eigenvalue weighted by atomic mass is 10.0. The number of nitrogens with zero attached hydrogens (tertiary/aromatic N) is 1. The zero-order valence-corrected chi connectivity index (χ0v) is 10.2. The molecule has 0 bridgehead atoms. The number of carbonyl (C=O) groups excluding carboxylic acids is 1. The summed E-state index contributed by atoms with van der Waals surface area (Å²) < 4.78 is 10.3. The second-order valence-electron chi connectivity index (χ2n) is 3.81. The van der Waals surface area contributed by atoms with E-state index in [1.54, 1.807) is 26.4 Å². The largest absolute Gasteiger partial charge is 0.493 e. The fourth-order valence-corrected chi connectivity index (χ4v) is 1.72. The molecule has 0 fully saturated rings. The summed E-state index contributed by atoms with van der Waals surface area (Å²) in [6.45, 7) is 0. The highest BCUT2D eigenvalue weighted by atomic mass is 16.6. The van der Waals surface area contributed by atoms with Crippen molar-refractivity contribution in [2.45, 2.75) is 12.5 Å². The Morgan fingerprint density at radius 2 is 2.11 bits per heavy atom. The Labute approximate surface area is 104 Å². The first-order valence-corrected chi connectivity index (χ1v) is 5.40. The van der Waals surface area contributed by atoms with Crippen molar-refractivity contribution in [1.82, 2.24) is 0 Å². The molecular weight excluding hydrogens is 236 g/mol. The van der Waals surface area contributed by atoms with Crippen LogP contribution in [0.5, 0.6) is 11.5 Å². The molecule has 0 radical (unpaired) electrons. The Bertz CT molecular complexity index is 499. The SMILES string of the molecule is COc1ccc(C2=NO[C@H](C(N)=O)C2)cc1OC. The molecule has 1 heterocycles. The van der Waals surface area contributed by atoms with Crippen LogP contribution in [0.15, 0.2) is 23.4 Å². The number of benzene rings is 1. The predicted octanol–water partition coefficient (Wildman–Crippen LogP) is 0.682. The van der Waals surface area contributed by atoms with E-state index in [0.717, 1.165) is 5.56 Å². The van der Waals surface area contributed by atoms with Gasteiger partial charge in [-0.25, -0.2) is 0 Å². The number of primary amides is 1. The van der Waals surface area contributed by atoms with Gasteiger partial charge < -0.3 is 20.0 Å². The van der Waals surface area contributed by atoms with Crippen LogP contribution in [0.4, 0.5) is 0 Å². The fraction of sp³-hybridized carbons (Fsp3) is 0.333. The van der Waals surface area contributed by atoms with Crippen molar-refractivity contribution in [1.29, 1.82) is 0 Å². The Morgan fingerprint density at radius 3 is 2.67 bits per heavy atom. The molecule has 1 aromatic carbocycles. The van der Waals surface area contributed by atoms with Crippen LogP contribution in [0.1, 0.15) is 12.0 Å². The van der Waals surface area contributed by atoms with Crippen LogP contribution in [0.25, 0.3) is 0 Å².